The topological polar surface area (TPSA) is 47.9 Å². The molecule has 4 nitrogen and oxygen atoms in total. The van der Waals surface area contributed by atoms with Crippen LogP contribution in [0.4, 0.5) is 0 Å². The molecule has 0 aliphatic rings. The lowest BCUT2D eigenvalue weighted by Crippen LogP contribution is -2.21. The van der Waals surface area contributed by atoms with Crippen LogP contribution >= 0.6 is 0 Å². The van der Waals surface area contributed by atoms with Gasteiger partial charge >= 0.3 is 0 Å². The van der Waals surface area contributed by atoms with Gasteiger partial charge in [-0.2, -0.15) is 0 Å². The van der Waals surface area contributed by atoms with Gasteiger partial charge in [-0.25, -0.2) is 0 Å². The van der Waals surface area contributed by atoms with Gasteiger partial charge in [0.25, 0.3) is 0 Å². The Balaban J connectivity index is 2.59. The second-order valence-electron chi connectivity index (χ2n) is 5.50. The molecule has 116 valence electrons. The van der Waals surface area contributed by atoms with Crippen LogP contribution in [0.25, 0.3) is 0 Å². The molecule has 1 rings (SSSR count). The number of benzene rings is 1. The van der Waals surface area contributed by atoms with Crippen LogP contribution < -0.4 is 4.74 Å². The van der Waals surface area contributed by atoms with Crippen LogP contribution in [0.3, 0.4) is 0 Å². The summed E-state index contributed by atoms with van der Waals surface area (Å²) < 4.78 is 16.4. The third-order valence-corrected chi connectivity index (χ3v) is 2.63. The van der Waals surface area contributed by atoms with E-state index < -0.39 is 0 Å². The summed E-state index contributed by atoms with van der Waals surface area (Å²) in [6.45, 7) is 7.37. The molecule has 4 heteroatoms. The Labute approximate surface area is 127 Å². The lowest BCUT2D eigenvalue weighted by Gasteiger charge is -2.19. The van der Waals surface area contributed by atoms with E-state index in [1.165, 1.54) is 0 Å². The van der Waals surface area contributed by atoms with Gasteiger partial charge in [0.1, 0.15) is 12.4 Å². The van der Waals surface area contributed by atoms with E-state index in [4.69, 9.17) is 19.3 Å². The molecule has 0 saturated carbocycles. The highest BCUT2D eigenvalue weighted by molar-refractivity contribution is 5.45. The summed E-state index contributed by atoms with van der Waals surface area (Å²) in [5.74, 6) is 6.32. The zero-order chi connectivity index (χ0) is 15.7. The molecule has 0 unspecified atom stereocenters. The number of methoxy groups -OCH3 is 1. The SMILES string of the molecule is COc1ccc(C#CCO)c(COCCOC(C)(C)C)c1. The van der Waals surface area contributed by atoms with Crippen molar-refractivity contribution in [2.45, 2.75) is 33.0 Å². The second kappa shape index (κ2) is 8.68. The summed E-state index contributed by atoms with van der Waals surface area (Å²) >= 11 is 0. The summed E-state index contributed by atoms with van der Waals surface area (Å²) in [7, 11) is 1.62. The fourth-order valence-corrected chi connectivity index (χ4v) is 1.66. The van der Waals surface area contributed by atoms with E-state index >= 15 is 0 Å². The maximum atomic E-state index is 8.80. The van der Waals surface area contributed by atoms with E-state index in [9.17, 15) is 0 Å². The molecule has 0 heterocycles. The summed E-state index contributed by atoms with van der Waals surface area (Å²) in [6.07, 6.45) is 0. The Kier molecular flexibility index (Phi) is 7.24. The van der Waals surface area contributed by atoms with Gasteiger partial charge in [-0.05, 0) is 44.5 Å². The first-order valence-electron chi connectivity index (χ1n) is 6.94. The molecular formula is C17H24O4. The van der Waals surface area contributed by atoms with Crippen LogP contribution in [-0.4, -0.2) is 37.6 Å². The number of rotatable bonds is 6. The van der Waals surface area contributed by atoms with Crippen molar-refractivity contribution in [3.8, 4) is 17.6 Å². The molecule has 0 aliphatic heterocycles. The van der Waals surface area contributed by atoms with Gasteiger partial charge in [0.15, 0.2) is 0 Å². The Hall–Kier alpha value is -1.54. The fourth-order valence-electron chi connectivity index (χ4n) is 1.66. The van der Waals surface area contributed by atoms with Crippen LogP contribution in [0.15, 0.2) is 18.2 Å². The van der Waals surface area contributed by atoms with Gasteiger partial charge in [-0.15, -0.1) is 0 Å². The van der Waals surface area contributed by atoms with Crippen molar-refractivity contribution in [3.05, 3.63) is 29.3 Å². The first kappa shape index (κ1) is 17.5. The van der Waals surface area contributed by atoms with Gasteiger partial charge in [0.05, 0.1) is 32.5 Å². The molecule has 0 fully saturated rings. The third kappa shape index (κ3) is 7.14. The molecule has 1 aromatic carbocycles. The average Bonchev–Trinajstić information content (AvgIpc) is 2.44. The molecule has 0 saturated heterocycles. The maximum absolute atomic E-state index is 8.80. The highest BCUT2D eigenvalue weighted by Gasteiger charge is 2.09. The normalized spacial score (nSPS) is 10.9. The Morgan fingerprint density at radius 2 is 1.95 bits per heavy atom. The predicted molar refractivity (Wildman–Crippen MR) is 82.3 cm³/mol. The van der Waals surface area contributed by atoms with Crippen molar-refractivity contribution < 1.29 is 19.3 Å². The van der Waals surface area contributed by atoms with Crippen molar-refractivity contribution in [2.75, 3.05) is 26.9 Å². The second-order valence-corrected chi connectivity index (χ2v) is 5.50. The number of hydrogen-bond donors (Lipinski definition) is 1. The van der Waals surface area contributed by atoms with E-state index in [0.29, 0.717) is 19.8 Å². The van der Waals surface area contributed by atoms with E-state index in [1.54, 1.807) is 7.11 Å². The minimum absolute atomic E-state index is 0.156. The highest BCUT2D eigenvalue weighted by Crippen LogP contribution is 2.18. The van der Waals surface area contributed by atoms with Gasteiger partial charge < -0.3 is 19.3 Å². The molecule has 0 amide bonds. The number of aliphatic hydroxyl groups excluding tert-OH is 1. The fraction of sp³-hybridized carbons (Fsp3) is 0.529. The minimum atomic E-state index is -0.161. The highest BCUT2D eigenvalue weighted by atomic mass is 16.5. The van der Waals surface area contributed by atoms with E-state index in [1.807, 2.05) is 39.0 Å². The molecule has 0 spiro atoms. The Bertz CT molecular complexity index is 492. The van der Waals surface area contributed by atoms with Crippen molar-refractivity contribution in [1.82, 2.24) is 0 Å². The van der Waals surface area contributed by atoms with Crippen molar-refractivity contribution in [2.24, 2.45) is 0 Å². The summed E-state index contributed by atoms with van der Waals surface area (Å²) in [5.41, 5.74) is 1.62. The smallest absolute Gasteiger partial charge is 0.119 e. The minimum Gasteiger partial charge on any atom is -0.497 e. The number of aliphatic hydroxyl groups is 1. The van der Waals surface area contributed by atoms with E-state index in [0.717, 1.165) is 16.9 Å². The van der Waals surface area contributed by atoms with Crippen molar-refractivity contribution in [1.29, 1.82) is 0 Å². The standard InChI is InChI=1S/C17H24O4/c1-17(2,3)21-11-10-20-13-15-12-16(19-4)8-7-14(15)6-5-9-18/h7-8,12,18H,9-11,13H2,1-4H3. The van der Waals surface area contributed by atoms with Crippen LogP contribution in [0.5, 0.6) is 5.75 Å². The Morgan fingerprint density at radius 3 is 2.57 bits per heavy atom. The van der Waals surface area contributed by atoms with E-state index in [2.05, 4.69) is 11.8 Å². The quantitative estimate of drug-likeness (QED) is 0.646. The zero-order valence-corrected chi connectivity index (χ0v) is 13.2. The number of hydrogen-bond acceptors (Lipinski definition) is 4. The average molecular weight is 292 g/mol. The Morgan fingerprint density at radius 1 is 1.19 bits per heavy atom. The third-order valence-electron chi connectivity index (χ3n) is 2.63. The lowest BCUT2D eigenvalue weighted by atomic mass is 10.1. The van der Waals surface area contributed by atoms with Crippen molar-refractivity contribution >= 4 is 0 Å². The van der Waals surface area contributed by atoms with Gasteiger partial charge in [0.2, 0.25) is 0 Å². The maximum Gasteiger partial charge on any atom is 0.119 e. The van der Waals surface area contributed by atoms with Crippen LogP contribution in [0.1, 0.15) is 31.9 Å². The summed E-state index contributed by atoms with van der Waals surface area (Å²) in [6, 6.07) is 5.60. The van der Waals surface area contributed by atoms with Crippen LogP contribution in [-0.2, 0) is 16.1 Å². The van der Waals surface area contributed by atoms with Crippen molar-refractivity contribution in [3.63, 3.8) is 0 Å². The molecule has 0 radical (unpaired) electrons. The first-order chi connectivity index (χ1) is 9.96. The summed E-state index contributed by atoms with van der Waals surface area (Å²) in [4.78, 5) is 0. The molecule has 0 bridgehead atoms. The zero-order valence-electron chi connectivity index (χ0n) is 13.2. The molecule has 0 aliphatic carbocycles. The summed E-state index contributed by atoms with van der Waals surface area (Å²) in [5, 5.41) is 8.80. The van der Waals surface area contributed by atoms with Gasteiger partial charge in [0, 0.05) is 5.56 Å². The predicted octanol–water partition coefficient (Wildman–Crippen LogP) is 2.37. The lowest BCUT2D eigenvalue weighted by molar-refractivity contribution is -0.0377. The van der Waals surface area contributed by atoms with Crippen LogP contribution in [0.2, 0.25) is 0 Å². The van der Waals surface area contributed by atoms with E-state index in [-0.39, 0.29) is 12.2 Å². The van der Waals surface area contributed by atoms with Gasteiger partial charge in [-0.1, -0.05) is 11.8 Å². The largest absolute Gasteiger partial charge is 0.497 e. The number of ether oxygens (including phenoxy) is 3. The molecular weight excluding hydrogens is 268 g/mol. The monoisotopic (exact) mass is 292 g/mol. The molecule has 0 aromatic heterocycles. The van der Waals surface area contributed by atoms with Gasteiger partial charge in [-0.3, -0.25) is 0 Å². The van der Waals surface area contributed by atoms with Crippen LogP contribution in [0, 0.1) is 11.8 Å². The molecule has 21 heavy (non-hydrogen) atoms. The molecule has 0 atom stereocenters. The molecule has 1 aromatic rings. The molecule has 1 N–H and O–H groups in total. The first-order valence-corrected chi connectivity index (χ1v) is 6.94.